The Morgan fingerprint density at radius 1 is 1.09 bits per heavy atom. The Bertz CT molecular complexity index is 477. The SMILES string of the molecule is CCCCOCCCNC(=O)C(=O)Nc1ccccc1OC. The largest absolute Gasteiger partial charge is 0.495 e. The maximum atomic E-state index is 11.8. The van der Waals surface area contributed by atoms with E-state index in [1.165, 1.54) is 7.11 Å². The fourth-order valence-electron chi connectivity index (χ4n) is 1.73. The zero-order valence-electron chi connectivity index (χ0n) is 13.2. The molecule has 122 valence electrons. The molecule has 0 atom stereocenters. The van der Waals surface area contributed by atoms with Crippen molar-refractivity contribution in [3.63, 3.8) is 0 Å². The Hall–Kier alpha value is -2.08. The topological polar surface area (TPSA) is 76.7 Å². The predicted molar refractivity (Wildman–Crippen MR) is 85.0 cm³/mol. The number of carbonyl (C=O) groups is 2. The second kappa shape index (κ2) is 10.6. The molecule has 0 aliphatic rings. The summed E-state index contributed by atoms with van der Waals surface area (Å²) in [6.45, 7) is 3.82. The summed E-state index contributed by atoms with van der Waals surface area (Å²) < 4.78 is 10.5. The van der Waals surface area contributed by atoms with Gasteiger partial charge in [-0.15, -0.1) is 0 Å². The number of unbranched alkanes of at least 4 members (excludes halogenated alkanes) is 1. The Morgan fingerprint density at radius 2 is 1.82 bits per heavy atom. The molecule has 0 aliphatic carbocycles. The highest BCUT2D eigenvalue weighted by Crippen LogP contribution is 2.22. The molecule has 0 bridgehead atoms. The molecule has 0 saturated carbocycles. The van der Waals surface area contributed by atoms with E-state index in [2.05, 4.69) is 17.6 Å². The quantitative estimate of drug-likeness (QED) is 0.540. The van der Waals surface area contributed by atoms with Crippen molar-refractivity contribution in [2.24, 2.45) is 0 Å². The average molecular weight is 308 g/mol. The number of amides is 2. The Balaban J connectivity index is 2.26. The fourth-order valence-corrected chi connectivity index (χ4v) is 1.73. The van der Waals surface area contributed by atoms with Crippen molar-refractivity contribution in [3.8, 4) is 5.75 Å². The minimum absolute atomic E-state index is 0.407. The molecule has 0 spiro atoms. The first-order valence-electron chi connectivity index (χ1n) is 7.49. The molecule has 0 saturated heterocycles. The van der Waals surface area contributed by atoms with Gasteiger partial charge in [0.2, 0.25) is 0 Å². The summed E-state index contributed by atoms with van der Waals surface area (Å²) >= 11 is 0. The second-order valence-electron chi connectivity index (χ2n) is 4.73. The first kappa shape index (κ1) is 18.0. The van der Waals surface area contributed by atoms with Gasteiger partial charge in [-0.2, -0.15) is 0 Å². The van der Waals surface area contributed by atoms with Gasteiger partial charge < -0.3 is 20.1 Å². The normalized spacial score (nSPS) is 10.1. The van der Waals surface area contributed by atoms with E-state index in [1.54, 1.807) is 24.3 Å². The highest BCUT2D eigenvalue weighted by Gasteiger charge is 2.14. The van der Waals surface area contributed by atoms with Gasteiger partial charge in [0.1, 0.15) is 5.75 Å². The van der Waals surface area contributed by atoms with Crippen LogP contribution in [0, 0.1) is 0 Å². The van der Waals surface area contributed by atoms with E-state index in [0.717, 1.165) is 19.4 Å². The van der Waals surface area contributed by atoms with Crippen molar-refractivity contribution in [2.75, 3.05) is 32.2 Å². The van der Waals surface area contributed by atoms with Crippen LogP contribution in [0.4, 0.5) is 5.69 Å². The van der Waals surface area contributed by atoms with Gasteiger partial charge in [0.15, 0.2) is 0 Å². The van der Waals surface area contributed by atoms with Crippen LogP contribution in [0.25, 0.3) is 0 Å². The summed E-state index contributed by atoms with van der Waals surface area (Å²) in [6, 6.07) is 6.92. The number of nitrogens with one attached hydrogen (secondary N) is 2. The van der Waals surface area contributed by atoms with Crippen LogP contribution in [0.2, 0.25) is 0 Å². The standard InChI is InChI=1S/C16H24N2O4/c1-3-4-11-22-12-7-10-17-15(19)16(20)18-13-8-5-6-9-14(13)21-2/h5-6,8-9H,3-4,7,10-12H2,1-2H3,(H,17,19)(H,18,20). The zero-order valence-corrected chi connectivity index (χ0v) is 13.2. The molecule has 0 heterocycles. The van der Waals surface area contributed by atoms with Gasteiger partial charge >= 0.3 is 11.8 Å². The molecule has 0 aromatic heterocycles. The van der Waals surface area contributed by atoms with Crippen LogP contribution in [0.1, 0.15) is 26.2 Å². The number of carbonyl (C=O) groups excluding carboxylic acids is 2. The molecule has 22 heavy (non-hydrogen) atoms. The van der Waals surface area contributed by atoms with Gasteiger partial charge in [-0.1, -0.05) is 25.5 Å². The lowest BCUT2D eigenvalue weighted by atomic mass is 10.3. The van der Waals surface area contributed by atoms with E-state index in [0.29, 0.717) is 31.0 Å². The molecular formula is C16H24N2O4. The molecule has 0 aliphatic heterocycles. The van der Waals surface area contributed by atoms with Gasteiger partial charge in [-0.3, -0.25) is 9.59 Å². The molecular weight excluding hydrogens is 284 g/mol. The Kier molecular flexibility index (Phi) is 8.67. The van der Waals surface area contributed by atoms with Crippen LogP contribution in [-0.2, 0) is 14.3 Å². The van der Waals surface area contributed by atoms with Gasteiger partial charge in [-0.25, -0.2) is 0 Å². The lowest BCUT2D eigenvalue weighted by Crippen LogP contribution is -2.36. The lowest BCUT2D eigenvalue weighted by Gasteiger charge is -2.10. The van der Waals surface area contributed by atoms with Crippen molar-refractivity contribution in [1.29, 1.82) is 0 Å². The van der Waals surface area contributed by atoms with Crippen LogP contribution in [0.3, 0.4) is 0 Å². The Morgan fingerprint density at radius 3 is 2.55 bits per heavy atom. The number of ether oxygens (including phenoxy) is 2. The van der Waals surface area contributed by atoms with Crippen LogP contribution >= 0.6 is 0 Å². The van der Waals surface area contributed by atoms with Gasteiger partial charge in [-0.05, 0) is 25.0 Å². The van der Waals surface area contributed by atoms with Crippen LogP contribution < -0.4 is 15.4 Å². The molecule has 1 rings (SSSR count). The molecule has 2 amide bonds. The van der Waals surface area contributed by atoms with Crippen molar-refractivity contribution in [1.82, 2.24) is 5.32 Å². The minimum atomic E-state index is -0.712. The van der Waals surface area contributed by atoms with Crippen molar-refractivity contribution < 1.29 is 19.1 Å². The number of para-hydroxylation sites is 2. The van der Waals surface area contributed by atoms with Gasteiger partial charge in [0, 0.05) is 19.8 Å². The molecule has 6 nitrogen and oxygen atoms in total. The summed E-state index contributed by atoms with van der Waals surface area (Å²) in [5.41, 5.74) is 0.466. The van der Waals surface area contributed by atoms with Crippen LogP contribution in [0.15, 0.2) is 24.3 Å². The minimum Gasteiger partial charge on any atom is -0.495 e. The smallest absolute Gasteiger partial charge is 0.313 e. The van der Waals surface area contributed by atoms with Gasteiger partial charge in [0.05, 0.1) is 12.8 Å². The molecule has 2 N–H and O–H groups in total. The number of hydrogen-bond acceptors (Lipinski definition) is 4. The predicted octanol–water partition coefficient (Wildman–Crippen LogP) is 1.96. The summed E-state index contributed by atoms with van der Waals surface area (Å²) in [5.74, 6) is -0.871. The maximum absolute atomic E-state index is 11.8. The molecule has 0 radical (unpaired) electrons. The highest BCUT2D eigenvalue weighted by molar-refractivity contribution is 6.39. The van der Waals surface area contributed by atoms with E-state index in [-0.39, 0.29) is 0 Å². The summed E-state index contributed by atoms with van der Waals surface area (Å²) in [4.78, 5) is 23.5. The first-order chi connectivity index (χ1) is 10.7. The highest BCUT2D eigenvalue weighted by atomic mass is 16.5. The van der Waals surface area contributed by atoms with E-state index in [1.807, 2.05) is 0 Å². The number of rotatable bonds is 9. The summed E-state index contributed by atoms with van der Waals surface area (Å²) in [5, 5.41) is 5.08. The van der Waals surface area contributed by atoms with E-state index in [4.69, 9.17) is 9.47 Å². The van der Waals surface area contributed by atoms with E-state index >= 15 is 0 Å². The maximum Gasteiger partial charge on any atom is 0.313 e. The first-order valence-corrected chi connectivity index (χ1v) is 7.49. The lowest BCUT2D eigenvalue weighted by molar-refractivity contribution is -0.136. The van der Waals surface area contributed by atoms with E-state index in [9.17, 15) is 9.59 Å². The third-order valence-electron chi connectivity index (χ3n) is 2.95. The molecule has 0 unspecified atom stereocenters. The van der Waals surface area contributed by atoms with Crippen LogP contribution in [-0.4, -0.2) is 38.7 Å². The monoisotopic (exact) mass is 308 g/mol. The zero-order chi connectivity index (χ0) is 16.2. The summed E-state index contributed by atoms with van der Waals surface area (Å²) in [7, 11) is 1.50. The van der Waals surface area contributed by atoms with Crippen molar-refractivity contribution >= 4 is 17.5 Å². The third kappa shape index (κ3) is 6.58. The van der Waals surface area contributed by atoms with Crippen molar-refractivity contribution in [3.05, 3.63) is 24.3 Å². The molecule has 1 aromatic rings. The van der Waals surface area contributed by atoms with Gasteiger partial charge in [0.25, 0.3) is 0 Å². The van der Waals surface area contributed by atoms with Crippen LogP contribution in [0.5, 0.6) is 5.75 Å². The molecule has 0 fully saturated rings. The van der Waals surface area contributed by atoms with Crippen molar-refractivity contribution in [2.45, 2.75) is 26.2 Å². The van der Waals surface area contributed by atoms with E-state index < -0.39 is 11.8 Å². The average Bonchev–Trinajstić information content (AvgIpc) is 2.54. The number of hydrogen-bond donors (Lipinski definition) is 2. The fraction of sp³-hybridized carbons (Fsp3) is 0.500. The summed E-state index contributed by atoms with van der Waals surface area (Å²) in [6.07, 6.45) is 2.81. The molecule has 6 heteroatoms. The Labute approximate surface area is 131 Å². The molecule has 1 aromatic carbocycles. The second-order valence-corrected chi connectivity index (χ2v) is 4.73. The third-order valence-corrected chi connectivity index (χ3v) is 2.95. The number of anilines is 1. The number of benzene rings is 1. The number of methoxy groups -OCH3 is 1.